The zero-order chi connectivity index (χ0) is 18.0. The SMILES string of the molecule is O=C(c1ccc(Cl)nc1)N1CCN(S(=O)(=O)c2ccccc2Cl)CC1. The molecule has 0 N–H and O–H groups in total. The fraction of sp³-hybridized carbons (Fsp3) is 0.250. The highest BCUT2D eigenvalue weighted by Gasteiger charge is 2.31. The van der Waals surface area contributed by atoms with Gasteiger partial charge in [-0.25, -0.2) is 13.4 Å². The minimum atomic E-state index is -3.68. The van der Waals surface area contributed by atoms with Gasteiger partial charge in [-0.15, -0.1) is 0 Å². The van der Waals surface area contributed by atoms with Crippen LogP contribution in [0, 0.1) is 0 Å². The topological polar surface area (TPSA) is 70.6 Å². The maximum Gasteiger partial charge on any atom is 0.255 e. The highest BCUT2D eigenvalue weighted by atomic mass is 35.5. The van der Waals surface area contributed by atoms with Gasteiger partial charge in [-0.3, -0.25) is 4.79 Å². The molecule has 0 radical (unpaired) electrons. The molecule has 132 valence electrons. The standard InChI is InChI=1S/C16H15Cl2N3O3S/c17-13-3-1-2-4-14(13)25(23,24)21-9-7-20(8-10-21)16(22)12-5-6-15(18)19-11-12/h1-6,11H,7-10H2. The lowest BCUT2D eigenvalue weighted by molar-refractivity contribution is 0.0697. The number of hydrogen-bond donors (Lipinski definition) is 0. The van der Waals surface area contributed by atoms with Crippen LogP contribution in [0.1, 0.15) is 10.4 Å². The minimum Gasteiger partial charge on any atom is -0.336 e. The first-order valence-corrected chi connectivity index (χ1v) is 9.75. The number of benzene rings is 1. The van der Waals surface area contributed by atoms with Gasteiger partial charge >= 0.3 is 0 Å². The van der Waals surface area contributed by atoms with E-state index in [1.165, 1.54) is 16.6 Å². The number of nitrogens with zero attached hydrogens (tertiary/aromatic N) is 3. The molecule has 0 atom stereocenters. The molecule has 1 aromatic heterocycles. The van der Waals surface area contributed by atoms with Crippen LogP contribution in [0.2, 0.25) is 10.2 Å². The van der Waals surface area contributed by atoms with Crippen molar-refractivity contribution >= 4 is 39.1 Å². The van der Waals surface area contributed by atoms with E-state index < -0.39 is 10.0 Å². The van der Waals surface area contributed by atoms with Gasteiger partial charge in [0.05, 0.1) is 10.6 Å². The molecular formula is C16H15Cl2N3O3S. The number of rotatable bonds is 3. The summed E-state index contributed by atoms with van der Waals surface area (Å²) < 4.78 is 26.8. The van der Waals surface area contributed by atoms with Gasteiger partial charge in [0.1, 0.15) is 10.0 Å². The van der Waals surface area contributed by atoms with E-state index in [2.05, 4.69) is 4.98 Å². The molecule has 1 aliphatic heterocycles. The Hall–Kier alpha value is -1.67. The van der Waals surface area contributed by atoms with Crippen LogP contribution in [0.5, 0.6) is 0 Å². The van der Waals surface area contributed by atoms with Crippen LogP contribution in [0.25, 0.3) is 0 Å². The summed E-state index contributed by atoms with van der Waals surface area (Å²) in [6.07, 6.45) is 1.41. The molecule has 1 aliphatic rings. The third-order valence-electron chi connectivity index (χ3n) is 3.95. The van der Waals surface area contributed by atoms with Gasteiger partial charge < -0.3 is 4.90 Å². The molecule has 0 bridgehead atoms. The second-order valence-electron chi connectivity index (χ2n) is 5.50. The maximum atomic E-state index is 12.7. The zero-order valence-corrected chi connectivity index (χ0v) is 15.4. The van der Waals surface area contributed by atoms with Gasteiger partial charge in [0.25, 0.3) is 5.91 Å². The predicted octanol–water partition coefficient (Wildman–Crippen LogP) is 2.54. The predicted molar refractivity (Wildman–Crippen MR) is 95.4 cm³/mol. The summed E-state index contributed by atoms with van der Waals surface area (Å²) in [5.41, 5.74) is 0.423. The Morgan fingerprint density at radius 3 is 2.28 bits per heavy atom. The van der Waals surface area contributed by atoms with Crippen LogP contribution in [-0.4, -0.2) is 54.7 Å². The summed E-state index contributed by atoms with van der Waals surface area (Å²) in [5, 5.41) is 0.500. The summed E-state index contributed by atoms with van der Waals surface area (Å²) in [5.74, 6) is -0.195. The normalized spacial score (nSPS) is 16.0. The summed E-state index contributed by atoms with van der Waals surface area (Å²) in [6.45, 7) is 1.01. The number of amides is 1. The van der Waals surface area contributed by atoms with Crippen molar-refractivity contribution in [2.24, 2.45) is 0 Å². The van der Waals surface area contributed by atoms with Crippen molar-refractivity contribution in [2.45, 2.75) is 4.90 Å². The van der Waals surface area contributed by atoms with Crippen molar-refractivity contribution in [2.75, 3.05) is 26.2 Å². The third-order valence-corrected chi connectivity index (χ3v) is 6.58. The molecular weight excluding hydrogens is 385 g/mol. The van der Waals surface area contributed by atoms with E-state index in [1.807, 2.05) is 0 Å². The molecule has 9 heteroatoms. The Morgan fingerprint density at radius 1 is 1.00 bits per heavy atom. The van der Waals surface area contributed by atoms with Crippen molar-refractivity contribution in [1.82, 2.24) is 14.2 Å². The van der Waals surface area contributed by atoms with Gasteiger partial charge in [0, 0.05) is 32.4 Å². The second-order valence-corrected chi connectivity index (χ2v) is 8.20. The average Bonchev–Trinajstić information content (AvgIpc) is 2.62. The van der Waals surface area contributed by atoms with Crippen molar-refractivity contribution in [3.8, 4) is 0 Å². The number of piperazine rings is 1. The lowest BCUT2D eigenvalue weighted by Gasteiger charge is -2.34. The molecule has 1 amide bonds. The molecule has 0 saturated carbocycles. The Kier molecular flexibility index (Phi) is 5.29. The maximum absolute atomic E-state index is 12.7. The zero-order valence-electron chi connectivity index (χ0n) is 13.1. The first-order valence-electron chi connectivity index (χ1n) is 7.55. The number of hydrogen-bond acceptors (Lipinski definition) is 4. The number of pyridine rings is 1. The van der Waals surface area contributed by atoms with Crippen LogP contribution in [-0.2, 0) is 10.0 Å². The molecule has 25 heavy (non-hydrogen) atoms. The van der Waals surface area contributed by atoms with E-state index >= 15 is 0 Å². The summed E-state index contributed by atoms with van der Waals surface area (Å²) >= 11 is 11.7. The molecule has 1 fully saturated rings. The Bertz CT molecular complexity index is 880. The Balaban J connectivity index is 1.70. The van der Waals surface area contributed by atoms with Gasteiger partial charge in [-0.2, -0.15) is 4.31 Å². The molecule has 3 rings (SSSR count). The molecule has 1 saturated heterocycles. The first kappa shape index (κ1) is 18.1. The molecule has 0 unspecified atom stereocenters. The highest BCUT2D eigenvalue weighted by molar-refractivity contribution is 7.89. The van der Waals surface area contributed by atoms with Gasteiger partial charge in [0.2, 0.25) is 10.0 Å². The van der Waals surface area contributed by atoms with Crippen LogP contribution >= 0.6 is 23.2 Å². The first-order chi connectivity index (χ1) is 11.9. The van der Waals surface area contributed by atoms with E-state index in [0.29, 0.717) is 23.8 Å². The quantitative estimate of drug-likeness (QED) is 0.743. The lowest BCUT2D eigenvalue weighted by atomic mass is 10.2. The Morgan fingerprint density at radius 2 is 1.68 bits per heavy atom. The second kappa shape index (κ2) is 7.29. The fourth-order valence-corrected chi connectivity index (χ4v) is 4.64. The molecule has 0 spiro atoms. The van der Waals surface area contributed by atoms with Crippen molar-refractivity contribution in [3.63, 3.8) is 0 Å². The highest BCUT2D eigenvalue weighted by Crippen LogP contribution is 2.25. The number of carbonyl (C=O) groups is 1. The monoisotopic (exact) mass is 399 g/mol. The van der Waals surface area contributed by atoms with E-state index in [9.17, 15) is 13.2 Å². The molecule has 6 nitrogen and oxygen atoms in total. The van der Waals surface area contributed by atoms with E-state index in [1.54, 1.807) is 35.2 Å². The smallest absolute Gasteiger partial charge is 0.255 e. The Labute approximate surface area is 156 Å². The lowest BCUT2D eigenvalue weighted by Crippen LogP contribution is -2.50. The van der Waals surface area contributed by atoms with E-state index in [0.717, 1.165) is 0 Å². The molecule has 2 aromatic rings. The van der Waals surface area contributed by atoms with Crippen LogP contribution in [0.15, 0.2) is 47.5 Å². The van der Waals surface area contributed by atoms with Gasteiger partial charge in [-0.05, 0) is 24.3 Å². The average molecular weight is 400 g/mol. The fourth-order valence-electron chi connectivity index (χ4n) is 2.61. The van der Waals surface area contributed by atoms with Crippen LogP contribution < -0.4 is 0 Å². The summed E-state index contributed by atoms with van der Waals surface area (Å²) in [6, 6.07) is 9.48. The van der Waals surface area contributed by atoms with Crippen LogP contribution in [0.4, 0.5) is 0 Å². The van der Waals surface area contributed by atoms with Gasteiger partial charge in [0.15, 0.2) is 0 Å². The van der Waals surface area contributed by atoms with Gasteiger partial charge in [-0.1, -0.05) is 35.3 Å². The number of sulfonamides is 1. The number of halogens is 2. The van der Waals surface area contributed by atoms with E-state index in [4.69, 9.17) is 23.2 Å². The minimum absolute atomic E-state index is 0.0818. The van der Waals surface area contributed by atoms with E-state index in [-0.39, 0.29) is 28.9 Å². The molecule has 2 heterocycles. The number of aromatic nitrogens is 1. The molecule has 1 aromatic carbocycles. The molecule has 0 aliphatic carbocycles. The van der Waals surface area contributed by atoms with Crippen molar-refractivity contribution in [1.29, 1.82) is 0 Å². The van der Waals surface area contributed by atoms with Crippen molar-refractivity contribution < 1.29 is 13.2 Å². The van der Waals surface area contributed by atoms with Crippen LogP contribution in [0.3, 0.4) is 0 Å². The summed E-state index contributed by atoms with van der Waals surface area (Å²) in [4.78, 5) is 18.0. The largest absolute Gasteiger partial charge is 0.336 e. The third kappa shape index (κ3) is 3.79. The van der Waals surface area contributed by atoms with Crippen molar-refractivity contribution in [3.05, 3.63) is 58.3 Å². The summed E-state index contributed by atoms with van der Waals surface area (Å²) in [7, 11) is -3.68. The number of carbonyl (C=O) groups excluding carboxylic acids is 1.